The van der Waals surface area contributed by atoms with Crippen LogP contribution in [0.2, 0.25) is 0 Å². The molecule has 1 atom stereocenters. The third-order valence-corrected chi connectivity index (χ3v) is 2.86. The Hall–Kier alpha value is -0.750. The molecule has 1 aliphatic rings. The van der Waals surface area contributed by atoms with Crippen molar-refractivity contribution in [1.29, 1.82) is 0 Å². The van der Waals surface area contributed by atoms with Crippen molar-refractivity contribution in [2.75, 3.05) is 24.9 Å². The molecule has 1 fully saturated rings. The standard InChI is InChI=1S/C10H16O5S/c1-8(11)13-4-2-3-10(12)14-5-9-6-16-7-15-9/h9H,2-7H2,1H3. The first-order valence-electron chi connectivity index (χ1n) is 5.17. The lowest BCUT2D eigenvalue weighted by atomic mass is 10.3. The summed E-state index contributed by atoms with van der Waals surface area (Å²) in [5.41, 5.74) is 0. The molecule has 0 aliphatic carbocycles. The molecule has 1 aliphatic heterocycles. The van der Waals surface area contributed by atoms with Crippen LogP contribution in [0, 0.1) is 0 Å². The first-order chi connectivity index (χ1) is 7.68. The molecule has 1 unspecified atom stereocenters. The summed E-state index contributed by atoms with van der Waals surface area (Å²) in [6.07, 6.45) is 0.800. The Morgan fingerprint density at radius 1 is 1.44 bits per heavy atom. The molecular formula is C10H16O5S. The Bertz CT molecular complexity index is 237. The maximum Gasteiger partial charge on any atom is 0.306 e. The highest BCUT2D eigenvalue weighted by Gasteiger charge is 2.17. The van der Waals surface area contributed by atoms with Crippen molar-refractivity contribution in [1.82, 2.24) is 0 Å². The van der Waals surface area contributed by atoms with Crippen molar-refractivity contribution in [3.63, 3.8) is 0 Å². The first-order valence-corrected chi connectivity index (χ1v) is 6.32. The van der Waals surface area contributed by atoms with Crippen LogP contribution >= 0.6 is 11.8 Å². The van der Waals surface area contributed by atoms with Crippen molar-refractivity contribution in [2.24, 2.45) is 0 Å². The molecule has 1 rings (SSSR count). The van der Waals surface area contributed by atoms with Crippen molar-refractivity contribution in [2.45, 2.75) is 25.9 Å². The molecule has 0 saturated carbocycles. The van der Waals surface area contributed by atoms with E-state index in [0.29, 0.717) is 19.0 Å². The Labute approximate surface area is 98.8 Å². The number of esters is 2. The predicted molar refractivity (Wildman–Crippen MR) is 59.0 cm³/mol. The van der Waals surface area contributed by atoms with Gasteiger partial charge in [-0.2, -0.15) is 0 Å². The van der Waals surface area contributed by atoms with Crippen LogP contribution in [0.15, 0.2) is 0 Å². The van der Waals surface area contributed by atoms with Crippen LogP contribution < -0.4 is 0 Å². The topological polar surface area (TPSA) is 61.8 Å². The minimum atomic E-state index is -0.329. The van der Waals surface area contributed by atoms with Crippen molar-refractivity contribution in [3.05, 3.63) is 0 Å². The molecule has 92 valence electrons. The van der Waals surface area contributed by atoms with Crippen LogP contribution in [0.1, 0.15) is 19.8 Å². The zero-order chi connectivity index (χ0) is 11.8. The predicted octanol–water partition coefficient (Wildman–Crippen LogP) is 0.962. The van der Waals surface area contributed by atoms with E-state index in [1.54, 1.807) is 11.8 Å². The van der Waals surface area contributed by atoms with Gasteiger partial charge in [-0.25, -0.2) is 0 Å². The van der Waals surface area contributed by atoms with Gasteiger partial charge in [0.25, 0.3) is 0 Å². The molecule has 16 heavy (non-hydrogen) atoms. The number of carbonyl (C=O) groups is 2. The zero-order valence-electron chi connectivity index (χ0n) is 9.27. The fourth-order valence-electron chi connectivity index (χ4n) is 1.16. The third kappa shape index (κ3) is 5.97. The highest BCUT2D eigenvalue weighted by Crippen LogP contribution is 2.16. The van der Waals surface area contributed by atoms with Gasteiger partial charge in [-0.15, -0.1) is 11.8 Å². The van der Waals surface area contributed by atoms with E-state index in [1.807, 2.05) is 0 Å². The molecule has 0 aromatic heterocycles. The highest BCUT2D eigenvalue weighted by molar-refractivity contribution is 7.99. The molecular weight excluding hydrogens is 232 g/mol. The van der Waals surface area contributed by atoms with Gasteiger partial charge in [0.2, 0.25) is 0 Å². The average Bonchev–Trinajstić information content (AvgIpc) is 2.74. The van der Waals surface area contributed by atoms with Crippen LogP contribution in [0.25, 0.3) is 0 Å². The normalized spacial score (nSPS) is 19.4. The summed E-state index contributed by atoms with van der Waals surface area (Å²) in [4.78, 5) is 21.7. The van der Waals surface area contributed by atoms with Gasteiger partial charge in [-0.3, -0.25) is 9.59 Å². The lowest BCUT2D eigenvalue weighted by Crippen LogP contribution is -2.20. The van der Waals surface area contributed by atoms with Gasteiger partial charge < -0.3 is 14.2 Å². The smallest absolute Gasteiger partial charge is 0.306 e. The van der Waals surface area contributed by atoms with Gasteiger partial charge in [0.1, 0.15) is 12.7 Å². The number of carbonyl (C=O) groups excluding carboxylic acids is 2. The minimum absolute atomic E-state index is 0.0300. The van der Waals surface area contributed by atoms with Gasteiger partial charge in [0.05, 0.1) is 12.5 Å². The zero-order valence-corrected chi connectivity index (χ0v) is 10.1. The molecule has 1 saturated heterocycles. The number of hydrogen-bond acceptors (Lipinski definition) is 6. The molecule has 0 radical (unpaired) electrons. The number of thioether (sulfide) groups is 1. The molecule has 5 nitrogen and oxygen atoms in total. The summed E-state index contributed by atoms with van der Waals surface area (Å²) in [7, 11) is 0. The summed E-state index contributed by atoms with van der Waals surface area (Å²) in [6, 6.07) is 0. The SMILES string of the molecule is CC(=O)OCCCC(=O)OCC1CSCO1. The van der Waals surface area contributed by atoms with Crippen molar-refractivity contribution >= 4 is 23.7 Å². The summed E-state index contributed by atoms with van der Waals surface area (Å²) in [5.74, 6) is 0.951. The summed E-state index contributed by atoms with van der Waals surface area (Å²) in [5, 5.41) is 0. The van der Waals surface area contributed by atoms with Crippen molar-refractivity contribution < 1.29 is 23.8 Å². The average molecular weight is 248 g/mol. The van der Waals surface area contributed by atoms with Gasteiger partial charge in [-0.1, -0.05) is 0 Å². The second-order valence-corrected chi connectivity index (χ2v) is 4.38. The van der Waals surface area contributed by atoms with Crippen LogP contribution in [0.4, 0.5) is 0 Å². The van der Waals surface area contributed by atoms with Gasteiger partial charge >= 0.3 is 11.9 Å². The van der Waals surface area contributed by atoms with E-state index in [2.05, 4.69) is 0 Å². The molecule has 0 bridgehead atoms. The maximum absolute atomic E-state index is 11.2. The van der Waals surface area contributed by atoms with Gasteiger partial charge in [0, 0.05) is 19.1 Å². The number of rotatable bonds is 6. The summed E-state index contributed by atoms with van der Waals surface area (Å²) >= 11 is 1.69. The van der Waals surface area contributed by atoms with Crippen LogP contribution in [-0.2, 0) is 23.8 Å². The third-order valence-electron chi connectivity index (χ3n) is 1.95. The van der Waals surface area contributed by atoms with Gasteiger partial charge in [0.15, 0.2) is 0 Å². The Morgan fingerprint density at radius 2 is 2.25 bits per heavy atom. The summed E-state index contributed by atoms with van der Waals surface area (Å²) in [6.45, 7) is 1.92. The monoisotopic (exact) mass is 248 g/mol. The lowest BCUT2D eigenvalue weighted by Gasteiger charge is -2.09. The second-order valence-electron chi connectivity index (χ2n) is 3.40. The van der Waals surface area contributed by atoms with Gasteiger partial charge in [-0.05, 0) is 6.42 Å². The van der Waals surface area contributed by atoms with E-state index >= 15 is 0 Å². The Morgan fingerprint density at radius 3 is 2.88 bits per heavy atom. The quantitative estimate of drug-likeness (QED) is 0.515. The van der Waals surface area contributed by atoms with Crippen LogP contribution in [0.5, 0.6) is 0 Å². The van der Waals surface area contributed by atoms with E-state index in [0.717, 1.165) is 5.75 Å². The number of ether oxygens (including phenoxy) is 3. The molecule has 1 heterocycles. The summed E-state index contributed by atoms with van der Waals surface area (Å²) < 4.78 is 15.0. The van der Waals surface area contributed by atoms with Crippen LogP contribution in [-0.4, -0.2) is 42.9 Å². The number of hydrogen-bond donors (Lipinski definition) is 0. The van der Waals surface area contributed by atoms with Crippen LogP contribution in [0.3, 0.4) is 0 Å². The highest BCUT2D eigenvalue weighted by atomic mass is 32.2. The molecule has 0 amide bonds. The lowest BCUT2D eigenvalue weighted by molar-refractivity contribution is -0.148. The fraction of sp³-hybridized carbons (Fsp3) is 0.800. The van der Waals surface area contributed by atoms with E-state index in [-0.39, 0.29) is 31.1 Å². The Balaban J connectivity index is 1.95. The molecule has 0 spiro atoms. The molecule has 0 aromatic rings. The van der Waals surface area contributed by atoms with Crippen molar-refractivity contribution in [3.8, 4) is 0 Å². The van der Waals surface area contributed by atoms with E-state index in [9.17, 15) is 9.59 Å². The minimum Gasteiger partial charge on any atom is -0.466 e. The van der Waals surface area contributed by atoms with E-state index in [1.165, 1.54) is 6.92 Å². The fourth-order valence-corrected chi connectivity index (χ4v) is 2.00. The van der Waals surface area contributed by atoms with E-state index < -0.39 is 0 Å². The largest absolute Gasteiger partial charge is 0.466 e. The molecule has 6 heteroatoms. The molecule has 0 N–H and O–H groups in total. The molecule has 0 aromatic carbocycles. The van der Waals surface area contributed by atoms with E-state index in [4.69, 9.17) is 14.2 Å². The maximum atomic E-state index is 11.2. The Kier molecular flexibility index (Phi) is 6.25. The first kappa shape index (κ1) is 13.3. The second kappa shape index (κ2) is 7.51.